The van der Waals surface area contributed by atoms with Crippen LogP contribution in [0.3, 0.4) is 0 Å². The topological polar surface area (TPSA) is 63.6 Å². The zero-order valence-electron chi connectivity index (χ0n) is 12.9. The van der Waals surface area contributed by atoms with E-state index in [0.29, 0.717) is 19.4 Å². The van der Waals surface area contributed by atoms with Gasteiger partial charge in [0.2, 0.25) is 0 Å². The van der Waals surface area contributed by atoms with Crippen molar-refractivity contribution in [2.45, 2.75) is 60.3 Å². The molecule has 0 rings (SSSR count). The van der Waals surface area contributed by atoms with Crippen molar-refractivity contribution in [3.8, 4) is 0 Å². The Morgan fingerprint density at radius 1 is 1.11 bits per heavy atom. The van der Waals surface area contributed by atoms with E-state index in [1.54, 1.807) is 0 Å². The Morgan fingerprint density at radius 3 is 1.89 bits per heavy atom. The molecule has 0 heterocycles. The van der Waals surface area contributed by atoms with Crippen LogP contribution in [0.2, 0.25) is 0 Å². The Labute approximate surface area is 116 Å². The van der Waals surface area contributed by atoms with Gasteiger partial charge >= 0.3 is 11.9 Å². The van der Waals surface area contributed by atoms with E-state index in [1.807, 2.05) is 34.6 Å². The number of carbonyl (C=O) groups excluding carboxylic acids is 1. The van der Waals surface area contributed by atoms with Crippen LogP contribution in [0, 0.1) is 17.3 Å². The molecule has 1 N–H and O–H groups in total. The van der Waals surface area contributed by atoms with Crippen LogP contribution in [0.5, 0.6) is 0 Å². The average molecular weight is 272 g/mol. The highest BCUT2D eigenvalue weighted by atomic mass is 16.5. The van der Waals surface area contributed by atoms with Crippen LogP contribution in [0.15, 0.2) is 0 Å². The lowest BCUT2D eigenvalue weighted by Gasteiger charge is -2.30. The van der Waals surface area contributed by atoms with Crippen LogP contribution in [-0.4, -0.2) is 23.7 Å². The first-order valence-corrected chi connectivity index (χ1v) is 7.16. The number of carboxylic acid groups (broad SMARTS) is 1. The Morgan fingerprint density at radius 2 is 1.58 bits per heavy atom. The first-order chi connectivity index (χ1) is 8.76. The highest BCUT2D eigenvalue weighted by Gasteiger charge is 2.48. The maximum absolute atomic E-state index is 12.2. The highest BCUT2D eigenvalue weighted by Crippen LogP contribution is 2.35. The monoisotopic (exact) mass is 272 g/mol. The predicted molar refractivity (Wildman–Crippen MR) is 74.8 cm³/mol. The molecule has 0 aliphatic carbocycles. The number of hydrogen-bond donors (Lipinski definition) is 1. The van der Waals surface area contributed by atoms with Crippen molar-refractivity contribution in [2.24, 2.45) is 17.3 Å². The zero-order chi connectivity index (χ0) is 15.1. The molecule has 19 heavy (non-hydrogen) atoms. The number of unbranched alkanes of at least 4 members (excludes halogenated alkanes) is 1. The summed E-state index contributed by atoms with van der Waals surface area (Å²) in [6, 6.07) is 0. The van der Waals surface area contributed by atoms with E-state index in [9.17, 15) is 14.7 Å². The molecule has 0 saturated heterocycles. The van der Waals surface area contributed by atoms with Gasteiger partial charge in [0.1, 0.15) is 0 Å². The van der Waals surface area contributed by atoms with Crippen molar-refractivity contribution >= 4 is 11.9 Å². The van der Waals surface area contributed by atoms with Gasteiger partial charge in [-0.25, -0.2) is 0 Å². The van der Waals surface area contributed by atoms with Gasteiger partial charge in [-0.2, -0.15) is 0 Å². The highest BCUT2D eigenvalue weighted by molar-refractivity contribution is 5.99. The Kier molecular flexibility index (Phi) is 7.72. The van der Waals surface area contributed by atoms with Crippen LogP contribution in [-0.2, 0) is 14.3 Å². The zero-order valence-corrected chi connectivity index (χ0v) is 12.9. The molecular weight excluding hydrogens is 244 g/mol. The standard InChI is InChI=1S/C15H28O4/c1-6-7-8-19-14(18)15(13(16)17,9-11(2)3)10-12(4)5/h11-12H,6-10H2,1-5H3,(H,16,17). The van der Waals surface area contributed by atoms with Gasteiger partial charge in [0.05, 0.1) is 6.61 Å². The predicted octanol–water partition coefficient (Wildman–Crippen LogP) is 3.49. The lowest BCUT2D eigenvalue weighted by Crippen LogP contribution is -2.43. The molecule has 0 aliphatic heterocycles. The molecule has 0 aromatic heterocycles. The second-order valence-corrected chi connectivity index (χ2v) is 6.07. The van der Waals surface area contributed by atoms with Gasteiger partial charge in [0, 0.05) is 0 Å². The molecule has 0 atom stereocenters. The van der Waals surface area contributed by atoms with Gasteiger partial charge in [-0.15, -0.1) is 0 Å². The third-order valence-corrected chi connectivity index (χ3v) is 3.04. The van der Waals surface area contributed by atoms with Crippen molar-refractivity contribution in [3.05, 3.63) is 0 Å². The first kappa shape index (κ1) is 17.9. The molecule has 4 heteroatoms. The summed E-state index contributed by atoms with van der Waals surface area (Å²) < 4.78 is 5.19. The van der Waals surface area contributed by atoms with Crippen molar-refractivity contribution in [1.29, 1.82) is 0 Å². The Bertz CT molecular complexity index is 285. The molecule has 4 nitrogen and oxygen atoms in total. The van der Waals surface area contributed by atoms with E-state index in [0.717, 1.165) is 12.8 Å². The summed E-state index contributed by atoms with van der Waals surface area (Å²) in [6.07, 6.45) is 2.34. The second-order valence-electron chi connectivity index (χ2n) is 6.07. The molecule has 0 saturated carbocycles. The van der Waals surface area contributed by atoms with Crippen molar-refractivity contribution in [1.82, 2.24) is 0 Å². The van der Waals surface area contributed by atoms with Crippen LogP contribution < -0.4 is 0 Å². The fourth-order valence-corrected chi connectivity index (χ4v) is 2.35. The second kappa shape index (κ2) is 8.18. The van der Waals surface area contributed by atoms with E-state index in [4.69, 9.17) is 4.74 Å². The summed E-state index contributed by atoms with van der Waals surface area (Å²) >= 11 is 0. The molecule has 0 unspecified atom stereocenters. The van der Waals surface area contributed by atoms with Crippen LogP contribution in [0.4, 0.5) is 0 Å². The minimum Gasteiger partial charge on any atom is -0.480 e. The summed E-state index contributed by atoms with van der Waals surface area (Å²) in [7, 11) is 0. The number of aliphatic carboxylic acids is 1. The molecule has 0 radical (unpaired) electrons. The average Bonchev–Trinajstić information content (AvgIpc) is 2.26. The summed E-state index contributed by atoms with van der Waals surface area (Å²) in [5.74, 6) is -1.37. The number of carbonyl (C=O) groups is 2. The maximum Gasteiger partial charge on any atom is 0.323 e. The van der Waals surface area contributed by atoms with E-state index in [2.05, 4.69) is 0 Å². The third kappa shape index (κ3) is 5.62. The largest absolute Gasteiger partial charge is 0.480 e. The number of rotatable bonds is 9. The summed E-state index contributed by atoms with van der Waals surface area (Å²) in [4.78, 5) is 23.9. The molecule has 0 fully saturated rings. The molecule has 0 aromatic rings. The molecule has 0 amide bonds. The number of hydrogen-bond acceptors (Lipinski definition) is 3. The molecule has 112 valence electrons. The third-order valence-electron chi connectivity index (χ3n) is 3.04. The normalized spacial score (nSPS) is 11.9. The van der Waals surface area contributed by atoms with E-state index >= 15 is 0 Å². The fraction of sp³-hybridized carbons (Fsp3) is 0.867. The fourth-order valence-electron chi connectivity index (χ4n) is 2.35. The lowest BCUT2D eigenvalue weighted by molar-refractivity contribution is -0.172. The quantitative estimate of drug-likeness (QED) is 0.396. The van der Waals surface area contributed by atoms with Crippen LogP contribution in [0.25, 0.3) is 0 Å². The lowest BCUT2D eigenvalue weighted by atomic mass is 9.74. The number of esters is 1. The van der Waals surface area contributed by atoms with Gasteiger partial charge in [-0.3, -0.25) is 9.59 Å². The van der Waals surface area contributed by atoms with Gasteiger partial charge in [-0.1, -0.05) is 41.0 Å². The molecule has 0 aliphatic rings. The summed E-state index contributed by atoms with van der Waals surface area (Å²) in [5.41, 5.74) is -1.39. The van der Waals surface area contributed by atoms with Gasteiger partial charge < -0.3 is 9.84 Å². The minimum atomic E-state index is -1.39. The van der Waals surface area contributed by atoms with Crippen LogP contribution in [0.1, 0.15) is 60.3 Å². The van der Waals surface area contributed by atoms with Gasteiger partial charge in [-0.05, 0) is 31.1 Å². The number of ether oxygens (including phenoxy) is 1. The van der Waals surface area contributed by atoms with Crippen molar-refractivity contribution in [3.63, 3.8) is 0 Å². The van der Waals surface area contributed by atoms with E-state index < -0.39 is 17.4 Å². The molecular formula is C15H28O4. The molecule has 0 aromatic carbocycles. The van der Waals surface area contributed by atoms with Crippen LogP contribution >= 0.6 is 0 Å². The van der Waals surface area contributed by atoms with Gasteiger partial charge in [0.25, 0.3) is 0 Å². The first-order valence-electron chi connectivity index (χ1n) is 7.16. The summed E-state index contributed by atoms with van der Waals surface area (Å²) in [6.45, 7) is 10.0. The van der Waals surface area contributed by atoms with Crippen molar-refractivity contribution in [2.75, 3.05) is 6.61 Å². The SMILES string of the molecule is CCCCOC(=O)C(CC(C)C)(CC(C)C)C(=O)O. The Balaban J connectivity index is 5.08. The smallest absolute Gasteiger partial charge is 0.323 e. The minimum absolute atomic E-state index is 0.133. The maximum atomic E-state index is 12.2. The Hall–Kier alpha value is -1.06. The van der Waals surface area contributed by atoms with Crippen molar-refractivity contribution < 1.29 is 19.4 Å². The van der Waals surface area contributed by atoms with Gasteiger partial charge in [0.15, 0.2) is 5.41 Å². The van der Waals surface area contributed by atoms with E-state index in [-0.39, 0.29) is 11.8 Å². The molecule has 0 spiro atoms. The summed E-state index contributed by atoms with van der Waals surface area (Å²) in [5, 5.41) is 9.55. The number of carboxylic acids is 1. The molecule has 0 bridgehead atoms. The van der Waals surface area contributed by atoms with E-state index in [1.165, 1.54) is 0 Å².